The molecule has 2 aromatic carbocycles. The number of carbonyl (C=O) groups is 1. The summed E-state index contributed by atoms with van der Waals surface area (Å²) in [6.45, 7) is 1.95. The first-order valence-corrected chi connectivity index (χ1v) is 7.02. The van der Waals surface area contributed by atoms with Gasteiger partial charge in [-0.25, -0.2) is 0 Å². The number of nitriles is 1. The zero-order valence-corrected chi connectivity index (χ0v) is 12.7. The Morgan fingerprint density at radius 1 is 1.27 bits per heavy atom. The lowest BCUT2D eigenvalue weighted by molar-refractivity contribution is -0.118. The first kappa shape index (κ1) is 15.6. The van der Waals surface area contributed by atoms with Gasteiger partial charge in [0.05, 0.1) is 13.2 Å². The van der Waals surface area contributed by atoms with Gasteiger partial charge in [-0.3, -0.25) is 4.79 Å². The monoisotopic (exact) mass is 294 g/mol. The van der Waals surface area contributed by atoms with Crippen LogP contribution in [0.4, 0.5) is 5.69 Å². The third kappa shape index (κ3) is 4.10. The number of rotatable bonds is 5. The Kier molecular flexibility index (Phi) is 5.16. The van der Waals surface area contributed by atoms with Crippen molar-refractivity contribution in [1.29, 1.82) is 5.26 Å². The lowest BCUT2D eigenvalue weighted by Gasteiger charge is -2.11. The Balaban J connectivity index is 2.04. The van der Waals surface area contributed by atoms with E-state index in [1.807, 2.05) is 55.5 Å². The van der Waals surface area contributed by atoms with Crippen molar-refractivity contribution in [3.05, 3.63) is 59.7 Å². The van der Waals surface area contributed by atoms with E-state index < -0.39 is 5.92 Å². The maximum absolute atomic E-state index is 12.2. The number of anilines is 1. The lowest BCUT2D eigenvalue weighted by Crippen LogP contribution is -2.23. The van der Waals surface area contributed by atoms with Gasteiger partial charge in [-0.1, -0.05) is 24.3 Å². The molecule has 0 heterocycles. The number of aryl methyl sites for hydroxylation is 1. The lowest BCUT2D eigenvalue weighted by atomic mass is 9.99. The Bertz CT molecular complexity index is 687. The Morgan fingerprint density at radius 3 is 2.59 bits per heavy atom. The van der Waals surface area contributed by atoms with E-state index in [-0.39, 0.29) is 5.91 Å². The van der Waals surface area contributed by atoms with Crippen molar-refractivity contribution >= 4 is 11.6 Å². The predicted octanol–water partition coefficient (Wildman–Crippen LogP) is 3.32. The number of hydrogen-bond donors (Lipinski definition) is 1. The molecule has 4 nitrogen and oxygen atoms in total. The summed E-state index contributed by atoms with van der Waals surface area (Å²) in [5, 5.41) is 12.0. The largest absolute Gasteiger partial charge is 0.497 e. The van der Waals surface area contributed by atoms with E-state index >= 15 is 0 Å². The summed E-state index contributed by atoms with van der Waals surface area (Å²) in [5.74, 6) is -0.265. The van der Waals surface area contributed by atoms with Gasteiger partial charge in [0, 0.05) is 5.69 Å². The summed E-state index contributed by atoms with van der Waals surface area (Å²) in [4.78, 5) is 12.2. The topological polar surface area (TPSA) is 62.1 Å². The van der Waals surface area contributed by atoms with Crippen LogP contribution >= 0.6 is 0 Å². The van der Waals surface area contributed by atoms with Crippen molar-refractivity contribution in [2.75, 3.05) is 12.4 Å². The quantitative estimate of drug-likeness (QED) is 0.920. The molecular formula is C18H18N2O2. The van der Waals surface area contributed by atoms with Crippen LogP contribution in [0.25, 0.3) is 0 Å². The SMILES string of the molecule is COc1ccc(C[C@@H](C#N)C(=O)Nc2cccc(C)c2)cc1. The smallest absolute Gasteiger partial charge is 0.242 e. The average molecular weight is 294 g/mol. The highest BCUT2D eigenvalue weighted by Crippen LogP contribution is 2.16. The van der Waals surface area contributed by atoms with Crippen molar-refractivity contribution in [1.82, 2.24) is 0 Å². The highest BCUT2D eigenvalue weighted by atomic mass is 16.5. The number of carbonyl (C=O) groups excluding carboxylic acids is 1. The third-order valence-electron chi connectivity index (χ3n) is 3.36. The van der Waals surface area contributed by atoms with Crippen LogP contribution in [0.2, 0.25) is 0 Å². The summed E-state index contributed by atoms with van der Waals surface area (Å²) in [6, 6.07) is 17.0. The van der Waals surface area contributed by atoms with Crippen molar-refractivity contribution < 1.29 is 9.53 Å². The minimum absolute atomic E-state index is 0.288. The van der Waals surface area contributed by atoms with Crippen LogP contribution in [-0.2, 0) is 11.2 Å². The maximum atomic E-state index is 12.2. The summed E-state index contributed by atoms with van der Waals surface area (Å²) in [5.41, 5.74) is 2.69. The zero-order chi connectivity index (χ0) is 15.9. The predicted molar refractivity (Wildman–Crippen MR) is 85.6 cm³/mol. The van der Waals surface area contributed by atoms with E-state index in [1.165, 1.54) is 0 Å². The zero-order valence-electron chi connectivity index (χ0n) is 12.7. The molecule has 0 radical (unpaired) electrons. The molecule has 22 heavy (non-hydrogen) atoms. The van der Waals surface area contributed by atoms with E-state index in [0.717, 1.165) is 16.9 Å². The molecule has 0 bridgehead atoms. The molecule has 0 aliphatic carbocycles. The molecule has 2 rings (SSSR count). The van der Waals surface area contributed by atoms with Gasteiger partial charge >= 0.3 is 0 Å². The van der Waals surface area contributed by atoms with Gasteiger partial charge in [0.2, 0.25) is 5.91 Å². The average Bonchev–Trinajstić information content (AvgIpc) is 2.53. The minimum atomic E-state index is -0.728. The van der Waals surface area contributed by atoms with E-state index in [4.69, 9.17) is 4.74 Å². The number of ether oxygens (including phenoxy) is 1. The molecule has 4 heteroatoms. The minimum Gasteiger partial charge on any atom is -0.497 e. The first-order valence-electron chi connectivity index (χ1n) is 7.02. The highest BCUT2D eigenvalue weighted by molar-refractivity contribution is 5.94. The molecule has 1 amide bonds. The van der Waals surface area contributed by atoms with E-state index in [9.17, 15) is 10.1 Å². The molecule has 0 aromatic heterocycles. The molecule has 1 N–H and O–H groups in total. The number of nitrogens with zero attached hydrogens (tertiary/aromatic N) is 1. The van der Waals surface area contributed by atoms with Crippen molar-refractivity contribution in [3.63, 3.8) is 0 Å². The number of amides is 1. The molecular weight excluding hydrogens is 276 g/mol. The van der Waals surface area contributed by atoms with Crippen LogP contribution < -0.4 is 10.1 Å². The van der Waals surface area contributed by atoms with Crippen LogP contribution in [0.3, 0.4) is 0 Å². The maximum Gasteiger partial charge on any atom is 0.242 e. The Labute approximate surface area is 130 Å². The van der Waals surface area contributed by atoms with Crippen LogP contribution in [0.15, 0.2) is 48.5 Å². The highest BCUT2D eigenvalue weighted by Gasteiger charge is 2.18. The first-order chi connectivity index (χ1) is 10.6. The van der Waals surface area contributed by atoms with Gasteiger partial charge in [0.15, 0.2) is 0 Å². The second-order valence-electron chi connectivity index (χ2n) is 5.09. The standard InChI is InChI=1S/C18H18N2O2/c1-13-4-3-5-16(10-13)20-18(21)15(12-19)11-14-6-8-17(22-2)9-7-14/h3-10,15H,11H2,1-2H3,(H,20,21)/t15-/m0/s1. The van der Waals surface area contributed by atoms with Crippen molar-refractivity contribution in [2.45, 2.75) is 13.3 Å². The van der Waals surface area contributed by atoms with Gasteiger partial charge in [0.1, 0.15) is 11.7 Å². The molecule has 0 spiro atoms. The fraction of sp³-hybridized carbons (Fsp3) is 0.222. The van der Waals surface area contributed by atoms with Crippen molar-refractivity contribution in [2.24, 2.45) is 5.92 Å². The second kappa shape index (κ2) is 7.28. The summed E-state index contributed by atoms with van der Waals surface area (Å²) >= 11 is 0. The molecule has 1 atom stereocenters. The molecule has 0 aliphatic rings. The van der Waals surface area contributed by atoms with Gasteiger partial charge in [-0.2, -0.15) is 5.26 Å². The molecule has 0 aliphatic heterocycles. The van der Waals surface area contributed by atoms with Gasteiger partial charge in [-0.15, -0.1) is 0 Å². The van der Waals surface area contributed by atoms with E-state index in [2.05, 4.69) is 11.4 Å². The van der Waals surface area contributed by atoms with Crippen LogP contribution in [-0.4, -0.2) is 13.0 Å². The molecule has 0 saturated carbocycles. The second-order valence-corrected chi connectivity index (χ2v) is 5.09. The van der Waals surface area contributed by atoms with Crippen LogP contribution in [0, 0.1) is 24.2 Å². The fourth-order valence-corrected chi connectivity index (χ4v) is 2.15. The fourth-order valence-electron chi connectivity index (χ4n) is 2.15. The normalized spacial score (nSPS) is 11.3. The third-order valence-corrected chi connectivity index (χ3v) is 3.36. The Morgan fingerprint density at radius 2 is 2.00 bits per heavy atom. The van der Waals surface area contributed by atoms with Crippen LogP contribution in [0.1, 0.15) is 11.1 Å². The summed E-state index contributed by atoms with van der Waals surface area (Å²) in [6.07, 6.45) is 0.373. The van der Waals surface area contributed by atoms with Crippen molar-refractivity contribution in [3.8, 4) is 11.8 Å². The molecule has 112 valence electrons. The number of hydrogen-bond acceptors (Lipinski definition) is 3. The van der Waals surface area contributed by atoms with Gasteiger partial charge in [-0.05, 0) is 48.7 Å². The van der Waals surface area contributed by atoms with Gasteiger partial charge in [0.25, 0.3) is 0 Å². The van der Waals surface area contributed by atoms with Crippen LogP contribution in [0.5, 0.6) is 5.75 Å². The number of nitrogens with one attached hydrogen (secondary N) is 1. The van der Waals surface area contributed by atoms with Gasteiger partial charge < -0.3 is 10.1 Å². The summed E-state index contributed by atoms with van der Waals surface area (Å²) < 4.78 is 5.09. The number of benzene rings is 2. The van der Waals surface area contributed by atoms with E-state index in [0.29, 0.717) is 12.1 Å². The summed E-state index contributed by atoms with van der Waals surface area (Å²) in [7, 11) is 1.60. The molecule has 0 saturated heterocycles. The molecule has 2 aromatic rings. The molecule has 0 unspecified atom stereocenters. The van der Waals surface area contributed by atoms with E-state index in [1.54, 1.807) is 7.11 Å². The number of methoxy groups -OCH3 is 1. The Hall–Kier alpha value is -2.80. The molecule has 0 fully saturated rings.